The van der Waals surface area contributed by atoms with Gasteiger partial charge < -0.3 is 14.6 Å². The zero-order chi connectivity index (χ0) is 21.7. The highest BCUT2D eigenvalue weighted by molar-refractivity contribution is 5.80. The van der Waals surface area contributed by atoms with Gasteiger partial charge in [-0.05, 0) is 43.4 Å². The number of hydrogen-bond acceptors (Lipinski definition) is 3. The van der Waals surface area contributed by atoms with E-state index in [0.29, 0.717) is 25.7 Å². The van der Waals surface area contributed by atoms with E-state index in [2.05, 4.69) is 36.2 Å². The lowest BCUT2D eigenvalue weighted by molar-refractivity contribution is -0.136. The van der Waals surface area contributed by atoms with Crippen molar-refractivity contribution >= 4 is 11.8 Å². The SMILES string of the molecule is C=CC[C@@H]1CC=C[C@@H](c2ccccc2)N1C(=O)CCC1(Cc2ccco2)CCC(=O)N1. The fourth-order valence-corrected chi connectivity index (χ4v) is 4.88. The Bertz CT molecular complexity index is 935. The lowest BCUT2D eigenvalue weighted by Gasteiger charge is -2.40. The third kappa shape index (κ3) is 4.82. The molecule has 5 nitrogen and oxygen atoms in total. The molecule has 2 aliphatic rings. The molecule has 1 fully saturated rings. The van der Waals surface area contributed by atoms with E-state index in [4.69, 9.17) is 4.42 Å². The maximum Gasteiger partial charge on any atom is 0.223 e. The molecule has 2 aromatic rings. The Kier molecular flexibility index (Phi) is 6.40. The minimum atomic E-state index is -0.424. The highest BCUT2D eigenvalue weighted by atomic mass is 16.3. The minimum Gasteiger partial charge on any atom is -0.469 e. The van der Waals surface area contributed by atoms with E-state index in [1.54, 1.807) is 6.26 Å². The quantitative estimate of drug-likeness (QED) is 0.631. The lowest BCUT2D eigenvalue weighted by atomic mass is 9.86. The first kappa shape index (κ1) is 21.2. The summed E-state index contributed by atoms with van der Waals surface area (Å²) in [5.41, 5.74) is 0.687. The number of nitrogens with one attached hydrogen (secondary N) is 1. The van der Waals surface area contributed by atoms with Gasteiger partial charge in [0.25, 0.3) is 0 Å². The number of nitrogens with zero attached hydrogens (tertiary/aromatic N) is 1. The van der Waals surface area contributed by atoms with E-state index in [-0.39, 0.29) is 23.9 Å². The van der Waals surface area contributed by atoms with Gasteiger partial charge in [-0.3, -0.25) is 9.59 Å². The number of carbonyl (C=O) groups is 2. The predicted molar refractivity (Wildman–Crippen MR) is 120 cm³/mol. The highest BCUT2D eigenvalue weighted by Gasteiger charge is 2.40. The van der Waals surface area contributed by atoms with Gasteiger partial charge in [0.2, 0.25) is 11.8 Å². The summed E-state index contributed by atoms with van der Waals surface area (Å²) in [4.78, 5) is 27.6. The molecule has 2 amide bonds. The Morgan fingerprint density at radius 3 is 2.77 bits per heavy atom. The summed E-state index contributed by atoms with van der Waals surface area (Å²) >= 11 is 0. The van der Waals surface area contributed by atoms with Crippen molar-refractivity contribution in [2.75, 3.05) is 0 Å². The van der Waals surface area contributed by atoms with Gasteiger partial charge in [0.1, 0.15) is 5.76 Å². The zero-order valence-corrected chi connectivity index (χ0v) is 17.8. The Morgan fingerprint density at radius 1 is 1.26 bits per heavy atom. The average molecular weight is 419 g/mol. The van der Waals surface area contributed by atoms with Gasteiger partial charge in [0.05, 0.1) is 12.3 Å². The van der Waals surface area contributed by atoms with E-state index in [9.17, 15) is 9.59 Å². The standard InChI is InChI=1S/C26H30N2O3/c1-2-8-21-11-6-13-23(20-9-4-3-5-10-20)28(21)25(30)15-17-26(16-14-24(29)27-26)19-22-12-7-18-31-22/h2-7,9-10,12-13,18,21,23H,1,8,11,14-17,19H2,(H,27,29)/t21-,23+,26?/m1/s1. The summed E-state index contributed by atoms with van der Waals surface area (Å²) in [6.45, 7) is 3.90. The van der Waals surface area contributed by atoms with Gasteiger partial charge in [-0.1, -0.05) is 48.6 Å². The van der Waals surface area contributed by atoms with Crippen LogP contribution in [0.15, 0.2) is 78.0 Å². The van der Waals surface area contributed by atoms with Crippen LogP contribution in [0.2, 0.25) is 0 Å². The van der Waals surface area contributed by atoms with Gasteiger partial charge in [0.15, 0.2) is 0 Å². The Balaban J connectivity index is 1.53. The van der Waals surface area contributed by atoms with Gasteiger partial charge in [0, 0.05) is 30.8 Å². The lowest BCUT2D eigenvalue weighted by Crippen LogP contribution is -2.47. The second-order valence-electron chi connectivity index (χ2n) is 8.58. The molecule has 1 N–H and O–H groups in total. The van der Waals surface area contributed by atoms with Gasteiger partial charge in [-0.15, -0.1) is 6.58 Å². The van der Waals surface area contributed by atoms with Crippen molar-refractivity contribution in [3.05, 3.63) is 84.9 Å². The Hall–Kier alpha value is -3.08. The number of benzene rings is 1. The van der Waals surface area contributed by atoms with E-state index >= 15 is 0 Å². The van der Waals surface area contributed by atoms with Crippen LogP contribution in [0.5, 0.6) is 0 Å². The third-order valence-electron chi connectivity index (χ3n) is 6.43. The number of amides is 2. The maximum atomic E-state index is 13.6. The zero-order valence-electron chi connectivity index (χ0n) is 17.8. The van der Waals surface area contributed by atoms with Crippen molar-refractivity contribution in [1.82, 2.24) is 10.2 Å². The van der Waals surface area contributed by atoms with E-state index < -0.39 is 5.54 Å². The summed E-state index contributed by atoms with van der Waals surface area (Å²) in [7, 11) is 0. The van der Waals surface area contributed by atoms with Gasteiger partial charge in [-0.2, -0.15) is 0 Å². The van der Waals surface area contributed by atoms with Crippen LogP contribution in [0.1, 0.15) is 55.9 Å². The van der Waals surface area contributed by atoms with Crippen molar-refractivity contribution < 1.29 is 14.0 Å². The first-order valence-corrected chi connectivity index (χ1v) is 11.1. The molecule has 5 heteroatoms. The second-order valence-corrected chi connectivity index (χ2v) is 8.58. The van der Waals surface area contributed by atoms with Crippen LogP contribution in [-0.4, -0.2) is 28.3 Å². The van der Waals surface area contributed by atoms with Crippen LogP contribution in [0.4, 0.5) is 0 Å². The molecule has 162 valence electrons. The van der Waals surface area contributed by atoms with Crippen molar-refractivity contribution in [3.63, 3.8) is 0 Å². The molecule has 0 saturated carbocycles. The van der Waals surface area contributed by atoms with Gasteiger partial charge in [-0.25, -0.2) is 0 Å². The molecular weight excluding hydrogens is 388 g/mol. The molecule has 1 aromatic heterocycles. The third-order valence-corrected chi connectivity index (χ3v) is 6.43. The number of rotatable bonds is 8. The normalized spacial score (nSPS) is 25.4. The Labute approximate surface area is 183 Å². The minimum absolute atomic E-state index is 0.0478. The van der Waals surface area contributed by atoms with E-state index in [0.717, 1.165) is 30.6 Å². The van der Waals surface area contributed by atoms with Crippen LogP contribution < -0.4 is 5.32 Å². The maximum absolute atomic E-state index is 13.6. The summed E-state index contributed by atoms with van der Waals surface area (Å²) in [6.07, 6.45) is 12.2. The summed E-state index contributed by atoms with van der Waals surface area (Å²) in [5.74, 6) is 0.999. The molecule has 1 aromatic carbocycles. The summed E-state index contributed by atoms with van der Waals surface area (Å²) < 4.78 is 5.54. The van der Waals surface area contributed by atoms with Crippen LogP contribution >= 0.6 is 0 Å². The molecule has 4 rings (SSSR count). The molecule has 0 spiro atoms. The fraction of sp³-hybridized carbons (Fsp3) is 0.385. The largest absolute Gasteiger partial charge is 0.469 e. The van der Waals surface area contributed by atoms with Crippen molar-refractivity contribution in [3.8, 4) is 0 Å². The molecule has 3 heterocycles. The molecule has 31 heavy (non-hydrogen) atoms. The second kappa shape index (κ2) is 9.38. The Morgan fingerprint density at radius 2 is 2.10 bits per heavy atom. The first-order valence-electron chi connectivity index (χ1n) is 11.1. The number of carbonyl (C=O) groups excluding carboxylic acids is 2. The molecule has 0 aliphatic carbocycles. The number of hydrogen-bond donors (Lipinski definition) is 1. The van der Waals surface area contributed by atoms with Crippen molar-refractivity contribution in [1.29, 1.82) is 0 Å². The highest BCUT2D eigenvalue weighted by Crippen LogP contribution is 2.34. The van der Waals surface area contributed by atoms with Crippen molar-refractivity contribution in [2.45, 2.75) is 62.6 Å². The van der Waals surface area contributed by atoms with E-state index in [1.807, 2.05) is 41.3 Å². The molecule has 2 aliphatic heterocycles. The number of furan rings is 1. The molecular formula is C26H30N2O3. The smallest absolute Gasteiger partial charge is 0.223 e. The van der Waals surface area contributed by atoms with Crippen LogP contribution in [0, 0.1) is 0 Å². The first-order chi connectivity index (χ1) is 15.1. The van der Waals surface area contributed by atoms with Gasteiger partial charge >= 0.3 is 0 Å². The monoisotopic (exact) mass is 418 g/mol. The van der Waals surface area contributed by atoms with Crippen LogP contribution in [-0.2, 0) is 16.0 Å². The average Bonchev–Trinajstić information content (AvgIpc) is 3.43. The molecule has 3 atom stereocenters. The van der Waals surface area contributed by atoms with Crippen LogP contribution in [0.3, 0.4) is 0 Å². The fourth-order valence-electron chi connectivity index (χ4n) is 4.88. The molecule has 0 bridgehead atoms. The van der Waals surface area contributed by atoms with Crippen molar-refractivity contribution in [2.24, 2.45) is 0 Å². The summed E-state index contributed by atoms with van der Waals surface area (Å²) in [5, 5.41) is 3.14. The van der Waals surface area contributed by atoms with Crippen LogP contribution in [0.25, 0.3) is 0 Å². The molecule has 1 saturated heterocycles. The molecule has 0 radical (unpaired) electrons. The predicted octanol–water partition coefficient (Wildman–Crippen LogP) is 4.73. The van der Waals surface area contributed by atoms with E-state index in [1.165, 1.54) is 0 Å². The topological polar surface area (TPSA) is 62.6 Å². The summed E-state index contributed by atoms with van der Waals surface area (Å²) in [6, 6.07) is 14.0. The molecule has 1 unspecified atom stereocenters.